The van der Waals surface area contributed by atoms with Gasteiger partial charge in [-0.05, 0) is 37.1 Å². The predicted octanol–water partition coefficient (Wildman–Crippen LogP) is 2.19. The number of carbonyl (C=O) groups excluding carboxylic acids is 2. The molecule has 0 spiro atoms. The van der Waals surface area contributed by atoms with Crippen molar-refractivity contribution in [1.29, 1.82) is 0 Å². The second kappa shape index (κ2) is 6.76. The van der Waals surface area contributed by atoms with Gasteiger partial charge in [-0.1, -0.05) is 0 Å². The molecule has 2 heterocycles. The highest BCUT2D eigenvalue weighted by atomic mass is 16.6. The molecule has 0 bridgehead atoms. The Hall–Kier alpha value is -3.16. The minimum absolute atomic E-state index is 0.0103. The number of benzene rings is 1. The molecule has 1 fully saturated rings. The van der Waals surface area contributed by atoms with Gasteiger partial charge in [0.2, 0.25) is 5.91 Å². The molecule has 1 saturated heterocycles. The van der Waals surface area contributed by atoms with Gasteiger partial charge in [-0.15, -0.1) is 0 Å². The van der Waals surface area contributed by atoms with E-state index in [-0.39, 0.29) is 29.2 Å². The van der Waals surface area contributed by atoms with Crippen LogP contribution in [0.2, 0.25) is 0 Å². The van der Waals surface area contributed by atoms with Gasteiger partial charge in [-0.25, -0.2) is 0 Å². The third-order valence-electron chi connectivity index (χ3n) is 4.36. The number of hydrogen-bond acceptors (Lipinski definition) is 5. The molecule has 0 atom stereocenters. The summed E-state index contributed by atoms with van der Waals surface area (Å²) in [5, 5.41) is 10.7. The fourth-order valence-electron chi connectivity index (χ4n) is 2.88. The number of primary amides is 1. The highest BCUT2D eigenvalue weighted by Crippen LogP contribution is 2.26. The van der Waals surface area contributed by atoms with Crippen LogP contribution in [-0.4, -0.2) is 34.7 Å². The minimum atomic E-state index is -0.476. The maximum atomic E-state index is 12.5. The standard InChI is InChI=1S/C17H17N3O5/c18-16(21)12-7-9-19(10-8-12)17(22)15-6-5-14(25-15)11-1-3-13(4-2-11)20(23)24/h1-6,12H,7-10H2,(H2,18,21). The number of carbonyl (C=O) groups is 2. The number of non-ortho nitro benzene ring substituents is 1. The maximum Gasteiger partial charge on any atom is 0.289 e. The van der Waals surface area contributed by atoms with E-state index in [0.717, 1.165) is 0 Å². The number of likely N-dealkylation sites (tertiary alicyclic amines) is 1. The molecule has 1 aromatic heterocycles. The van der Waals surface area contributed by atoms with Crippen molar-refractivity contribution in [3.8, 4) is 11.3 Å². The second-order valence-electron chi connectivity index (χ2n) is 5.94. The number of nitro benzene ring substituents is 1. The first-order chi connectivity index (χ1) is 12.0. The molecule has 1 aliphatic heterocycles. The van der Waals surface area contributed by atoms with E-state index < -0.39 is 4.92 Å². The lowest BCUT2D eigenvalue weighted by Gasteiger charge is -2.29. The monoisotopic (exact) mass is 343 g/mol. The molecule has 25 heavy (non-hydrogen) atoms. The van der Waals surface area contributed by atoms with Gasteiger partial charge in [-0.3, -0.25) is 19.7 Å². The Morgan fingerprint density at radius 2 is 1.76 bits per heavy atom. The number of hydrogen-bond donors (Lipinski definition) is 1. The van der Waals surface area contributed by atoms with Crippen LogP contribution in [0, 0.1) is 16.0 Å². The Kier molecular flexibility index (Phi) is 4.51. The lowest BCUT2D eigenvalue weighted by atomic mass is 9.96. The molecular weight excluding hydrogens is 326 g/mol. The molecule has 1 aliphatic rings. The zero-order chi connectivity index (χ0) is 18.0. The molecule has 130 valence electrons. The van der Waals surface area contributed by atoms with Crippen LogP contribution in [0.25, 0.3) is 11.3 Å². The number of piperidine rings is 1. The van der Waals surface area contributed by atoms with Crippen molar-refractivity contribution in [3.05, 3.63) is 52.3 Å². The third-order valence-corrected chi connectivity index (χ3v) is 4.36. The summed E-state index contributed by atoms with van der Waals surface area (Å²) < 4.78 is 5.61. The van der Waals surface area contributed by atoms with Crippen LogP contribution in [0.4, 0.5) is 5.69 Å². The highest BCUT2D eigenvalue weighted by Gasteiger charge is 2.27. The first-order valence-electron chi connectivity index (χ1n) is 7.89. The third kappa shape index (κ3) is 3.52. The van der Waals surface area contributed by atoms with E-state index in [1.807, 2.05) is 0 Å². The first-order valence-corrected chi connectivity index (χ1v) is 7.89. The molecule has 0 aliphatic carbocycles. The predicted molar refractivity (Wildman–Crippen MR) is 88.6 cm³/mol. The average Bonchev–Trinajstić information content (AvgIpc) is 3.11. The summed E-state index contributed by atoms with van der Waals surface area (Å²) in [6, 6.07) is 9.15. The molecule has 3 rings (SSSR count). The summed E-state index contributed by atoms with van der Waals surface area (Å²) in [4.78, 5) is 35.5. The quantitative estimate of drug-likeness (QED) is 0.674. The van der Waals surface area contributed by atoms with Crippen molar-refractivity contribution < 1.29 is 18.9 Å². The number of amides is 2. The fraction of sp³-hybridized carbons (Fsp3) is 0.294. The molecule has 0 unspecified atom stereocenters. The van der Waals surface area contributed by atoms with Crippen molar-refractivity contribution in [3.63, 3.8) is 0 Å². The summed E-state index contributed by atoms with van der Waals surface area (Å²) in [6.07, 6.45) is 1.11. The van der Waals surface area contributed by atoms with Crippen molar-refractivity contribution in [1.82, 2.24) is 4.90 Å². The van der Waals surface area contributed by atoms with Crippen molar-refractivity contribution in [2.45, 2.75) is 12.8 Å². The van der Waals surface area contributed by atoms with Crippen LogP contribution < -0.4 is 5.73 Å². The van der Waals surface area contributed by atoms with E-state index in [9.17, 15) is 19.7 Å². The summed E-state index contributed by atoms with van der Waals surface area (Å²) >= 11 is 0. The maximum absolute atomic E-state index is 12.5. The SMILES string of the molecule is NC(=O)C1CCN(C(=O)c2ccc(-c3ccc([N+](=O)[O-])cc3)o2)CC1. The van der Waals surface area contributed by atoms with Gasteiger partial charge in [-0.2, -0.15) is 0 Å². The Morgan fingerprint density at radius 1 is 1.12 bits per heavy atom. The van der Waals surface area contributed by atoms with Gasteiger partial charge < -0.3 is 15.1 Å². The first kappa shape index (κ1) is 16.7. The zero-order valence-corrected chi connectivity index (χ0v) is 13.4. The van der Waals surface area contributed by atoms with Crippen LogP contribution in [0.15, 0.2) is 40.8 Å². The van der Waals surface area contributed by atoms with Crippen LogP contribution in [0.5, 0.6) is 0 Å². The number of nitrogens with two attached hydrogens (primary N) is 1. The number of nitrogens with zero attached hydrogens (tertiary/aromatic N) is 2. The van der Waals surface area contributed by atoms with Crippen LogP contribution >= 0.6 is 0 Å². The molecule has 2 amide bonds. The smallest absolute Gasteiger partial charge is 0.289 e. The van der Waals surface area contributed by atoms with E-state index in [2.05, 4.69) is 0 Å². The van der Waals surface area contributed by atoms with Gasteiger partial charge in [0.15, 0.2) is 5.76 Å². The lowest BCUT2D eigenvalue weighted by molar-refractivity contribution is -0.384. The molecule has 2 N–H and O–H groups in total. The molecule has 8 nitrogen and oxygen atoms in total. The molecule has 8 heteroatoms. The molecule has 0 radical (unpaired) electrons. The summed E-state index contributed by atoms with van der Waals surface area (Å²) in [5.41, 5.74) is 5.93. The molecule has 1 aromatic carbocycles. The topological polar surface area (TPSA) is 120 Å². The van der Waals surface area contributed by atoms with Gasteiger partial charge >= 0.3 is 0 Å². The van der Waals surface area contributed by atoms with Gasteiger partial charge in [0.05, 0.1) is 4.92 Å². The van der Waals surface area contributed by atoms with Crippen LogP contribution in [0.1, 0.15) is 23.4 Å². The summed E-state index contributed by atoms with van der Waals surface area (Å²) in [6.45, 7) is 0.917. The van der Waals surface area contributed by atoms with Crippen molar-refractivity contribution in [2.75, 3.05) is 13.1 Å². The Bertz CT molecular complexity index is 804. The van der Waals surface area contributed by atoms with Crippen molar-refractivity contribution >= 4 is 17.5 Å². The van der Waals surface area contributed by atoms with Crippen LogP contribution in [-0.2, 0) is 4.79 Å². The van der Waals surface area contributed by atoms with E-state index in [1.54, 1.807) is 29.2 Å². The van der Waals surface area contributed by atoms with E-state index in [1.165, 1.54) is 12.1 Å². The number of rotatable bonds is 4. The largest absolute Gasteiger partial charge is 0.451 e. The van der Waals surface area contributed by atoms with E-state index in [4.69, 9.17) is 10.2 Å². The zero-order valence-electron chi connectivity index (χ0n) is 13.4. The Labute approximate surface area is 143 Å². The van der Waals surface area contributed by atoms with Gasteiger partial charge in [0.1, 0.15) is 5.76 Å². The summed E-state index contributed by atoms with van der Waals surface area (Å²) in [5.74, 6) is -0.0888. The van der Waals surface area contributed by atoms with Gasteiger partial charge in [0, 0.05) is 36.7 Å². The lowest BCUT2D eigenvalue weighted by Crippen LogP contribution is -2.41. The molecular formula is C17H17N3O5. The van der Waals surface area contributed by atoms with Crippen LogP contribution in [0.3, 0.4) is 0 Å². The summed E-state index contributed by atoms with van der Waals surface area (Å²) in [7, 11) is 0. The normalized spacial score (nSPS) is 15.1. The minimum Gasteiger partial charge on any atom is -0.451 e. The average molecular weight is 343 g/mol. The molecule has 2 aromatic rings. The van der Waals surface area contributed by atoms with E-state index >= 15 is 0 Å². The van der Waals surface area contributed by atoms with Crippen molar-refractivity contribution in [2.24, 2.45) is 11.7 Å². The van der Waals surface area contributed by atoms with E-state index in [0.29, 0.717) is 37.3 Å². The number of furan rings is 1. The molecule has 0 saturated carbocycles. The fourth-order valence-corrected chi connectivity index (χ4v) is 2.88. The Balaban J connectivity index is 1.70. The second-order valence-corrected chi connectivity index (χ2v) is 5.94. The Morgan fingerprint density at radius 3 is 2.32 bits per heavy atom. The van der Waals surface area contributed by atoms with Gasteiger partial charge in [0.25, 0.3) is 11.6 Å². The highest BCUT2D eigenvalue weighted by molar-refractivity contribution is 5.92. The number of nitro groups is 1.